The Balaban J connectivity index is 1.47. The van der Waals surface area contributed by atoms with Crippen molar-refractivity contribution in [2.45, 2.75) is 25.5 Å². The van der Waals surface area contributed by atoms with Gasteiger partial charge in [0.25, 0.3) is 0 Å². The van der Waals surface area contributed by atoms with Gasteiger partial charge in [0.1, 0.15) is 6.61 Å². The fourth-order valence-corrected chi connectivity index (χ4v) is 2.83. The Labute approximate surface area is 158 Å². The summed E-state index contributed by atoms with van der Waals surface area (Å²) >= 11 is 0. The molecule has 0 radical (unpaired) electrons. The van der Waals surface area contributed by atoms with Crippen LogP contribution >= 0.6 is 0 Å². The summed E-state index contributed by atoms with van der Waals surface area (Å²) in [5.41, 5.74) is 2.13. The minimum absolute atomic E-state index is 0.196. The van der Waals surface area contributed by atoms with Crippen LogP contribution in [-0.4, -0.2) is 36.2 Å². The lowest BCUT2D eigenvalue weighted by Gasteiger charge is -2.16. The van der Waals surface area contributed by atoms with Crippen molar-refractivity contribution in [3.8, 4) is 11.8 Å². The summed E-state index contributed by atoms with van der Waals surface area (Å²) in [6.45, 7) is 1.13. The lowest BCUT2D eigenvalue weighted by molar-refractivity contribution is -0.123. The molecule has 1 atom stereocenters. The van der Waals surface area contributed by atoms with Gasteiger partial charge in [-0.2, -0.15) is 0 Å². The number of rotatable bonds is 6. The molecule has 2 amide bonds. The summed E-state index contributed by atoms with van der Waals surface area (Å²) in [5, 5.41) is 0. The maximum Gasteiger partial charge on any atom is 0.417 e. The summed E-state index contributed by atoms with van der Waals surface area (Å²) in [7, 11) is 0. The number of carbonyl (C=O) groups excluding carboxylic acids is 2. The zero-order chi connectivity index (χ0) is 18.9. The van der Waals surface area contributed by atoms with Crippen LogP contribution in [0.1, 0.15) is 17.5 Å². The number of ether oxygens (including phenoxy) is 2. The first-order valence-corrected chi connectivity index (χ1v) is 8.88. The third kappa shape index (κ3) is 5.44. The first-order valence-electron chi connectivity index (χ1n) is 8.88. The predicted molar refractivity (Wildman–Crippen MR) is 101 cm³/mol. The van der Waals surface area contributed by atoms with E-state index in [1.165, 1.54) is 0 Å². The number of amides is 2. The highest BCUT2D eigenvalue weighted by Crippen LogP contribution is 2.17. The molecule has 27 heavy (non-hydrogen) atoms. The Hall–Kier alpha value is -3.10. The summed E-state index contributed by atoms with van der Waals surface area (Å²) in [6.07, 6.45) is 0.348. The second-order valence-corrected chi connectivity index (χ2v) is 6.19. The minimum Gasteiger partial charge on any atom is -0.447 e. The van der Waals surface area contributed by atoms with Crippen LogP contribution in [0.3, 0.4) is 0 Å². The Bertz CT molecular complexity index is 824. The van der Waals surface area contributed by atoms with Gasteiger partial charge in [-0.1, -0.05) is 66.6 Å². The number of benzene rings is 2. The lowest BCUT2D eigenvalue weighted by atomic mass is 10.1. The third-order valence-corrected chi connectivity index (χ3v) is 4.17. The SMILES string of the molecule is O=C(C#CCCOCc1ccccc1)N1C(=O)OC[C@@H]1Cc1ccccc1. The largest absolute Gasteiger partial charge is 0.447 e. The van der Waals surface area contributed by atoms with E-state index < -0.39 is 12.0 Å². The van der Waals surface area contributed by atoms with Crippen molar-refractivity contribution in [1.29, 1.82) is 0 Å². The number of hydrogen-bond donors (Lipinski definition) is 0. The first kappa shape index (κ1) is 18.7. The molecule has 1 aliphatic heterocycles. The van der Waals surface area contributed by atoms with Gasteiger partial charge < -0.3 is 9.47 Å². The average Bonchev–Trinajstić information content (AvgIpc) is 3.06. The molecule has 0 unspecified atom stereocenters. The highest BCUT2D eigenvalue weighted by atomic mass is 16.6. The van der Waals surface area contributed by atoms with Gasteiger partial charge in [0.15, 0.2) is 0 Å². The summed E-state index contributed by atoms with van der Waals surface area (Å²) in [6, 6.07) is 19.2. The normalized spacial score (nSPS) is 15.8. The van der Waals surface area contributed by atoms with Crippen molar-refractivity contribution in [1.82, 2.24) is 4.90 Å². The molecular weight excluding hydrogens is 342 g/mol. The molecule has 0 spiro atoms. The molecule has 2 aromatic carbocycles. The molecule has 0 N–H and O–H groups in total. The predicted octanol–water partition coefficient (Wildman–Crippen LogP) is 3.19. The van der Waals surface area contributed by atoms with Crippen molar-refractivity contribution in [3.63, 3.8) is 0 Å². The molecule has 1 saturated heterocycles. The van der Waals surface area contributed by atoms with Gasteiger partial charge in [-0.15, -0.1) is 0 Å². The van der Waals surface area contributed by atoms with Crippen molar-refractivity contribution < 1.29 is 19.1 Å². The summed E-state index contributed by atoms with van der Waals surface area (Å²) < 4.78 is 10.6. The molecule has 1 aliphatic rings. The highest BCUT2D eigenvalue weighted by molar-refractivity contribution is 6.03. The molecule has 0 aromatic heterocycles. The van der Waals surface area contributed by atoms with E-state index in [2.05, 4.69) is 11.8 Å². The van der Waals surface area contributed by atoms with E-state index in [1.54, 1.807) is 0 Å². The molecular formula is C22H21NO4. The van der Waals surface area contributed by atoms with Gasteiger partial charge in [-0.3, -0.25) is 4.79 Å². The van der Waals surface area contributed by atoms with Crippen LogP contribution in [0.25, 0.3) is 0 Å². The fourth-order valence-electron chi connectivity index (χ4n) is 2.83. The number of carbonyl (C=O) groups is 2. The van der Waals surface area contributed by atoms with Gasteiger partial charge in [0.05, 0.1) is 19.3 Å². The van der Waals surface area contributed by atoms with Gasteiger partial charge in [0, 0.05) is 6.42 Å². The molecule has 0 saturated carbocycles. The molecule has 5 heteroatoms. The van der Waals surface area contributed by atoms with Crippen molar-refractivity contribution >= 4 is 12.0 Å². The van der Waals surface area contributed by atoms with Crippen LogP contribution in [0.5, 0.6) is 0 Å². The Morgan fingerprint density at radius 3 is 2.44 bits per heavy atom. The number of cyclic esters (lactones) is 1. The molecule has 3 rings (SSSR count). The van der Waals surface area contributed by atoms with Crippen molar-refractivity contribution in [3.05, 3.63) is 71.8 Å². The van der Waals surface area contributed by atoms with Crippen LogP contribution in [0.15, 0.2) is 60.7 Å². The molecule has 5 nitrogen and oxygen atoms in total. The summed E-state index contributed by atoms with van der Waals surface area (Å²) in [4.78, 5) is 25.3. The number of hydrogen-bond acceptors (Lipinski definition) is 4. The van der Waals surface area contributed by atoms with E-state index in [-0.39, 0.29) is 12.6 Å². The van der Waals surface area contributed by atoms with Crippen LogP contribution in [-0.2, 0) is 27.3 Å². The van der Waals surface area contributed by atoms with E-state index in [0.717, 1.165) is 16.0 Å². The molecule has 1 fully saturated rings. The number of nitrogens with zero attached hydrogens (tertiary/aromatic N) is 1. The van der Waals surface area contributed by atoms with E-state index in [0.29, 0.717) is 26.1 Å². The van der Waals surface area contributed by atoms with Crippen molar-refractivity contribution in [2.75, 3.05) is 13.2 Å². The van der Waals surface area contributed by atoms with Crippen LogP contribution in [0.4, 0.5) is 4.79 Å². The molecule has 0 aliphatic carbocycles. The third-order valence-electron chi connectivity index (χ3n) is 4.17. The van der Waals surface area contributed by atoms with Crippen LogP contribution < -0.4 is 0 Å². The van der Waals surface area contributed by atoms with Gasteiger partial charge >= 0.3 is 12.0 Å². The molecule has 138 valence electrons. The maximum atomic E-state index is 12.3. The topological polar surface area (TPSA) is 55.8 Å². The standard InChI is InChI=1S/C22H21NO4/c24-21(13-7-8-14-26-16-19-11-5-2-6-12-19)23-20(17-27-22(23)25)15-18-9-3-1-4-10-18/h1-6,9-12,20H,8,14-17H2/t20-/m0/s1. The maximum absolute atomic E-state index is 12.3. The number of imide groups is 1. The van der Waals surface area contributed by atoms with Gasteiger partial charge in [-0.05, 0) is 23.5 Å². The van der Waals surface area contributed by atoms with Crippen LogP contribution in [0.2, 0.25) is 0 Å². The van der Waals surface area contributed by atoms with E-state index in [1.807, 2.05) is 60.7 Å². The zero-order valence-corrected chi connectivity index (χ0v) is 15.0. The Morgan fingerprint density at radius 2 is 1.74 bits per heavy atom. The second kappa shape index (κ2) is 9.56. The average molecular weight is 363 g/mol. The highest BCUT2D eigenvalue weighted by Gasteiger charge is 2.37. The monoisotopic (exact) mass is 363 g/mol. The van der Waals surface area contributed by atoms with Gasteiger partial charge in [0.2, 0.25) is 0 Å². The molecule has 2 aromatic rings. The molecule has 1 heterocycles. The van der Waals surface area contributed by atoms with E-state index in [9.17, 15) is 9.59 Å². The second-order valence-electron chi connectivity index (χ2n) is 6.19. The van der Waals surface area contributed by atoms with E-state index in [4.69, 9.17) is 9.47 Å². The Morgan fingerprint density at radius 1 is 1.07 bits per heavy atom. The van der Waals surface area contributed by atoms with E-state index >= 15 is 0 Å². The first-order chi connectivity index (χ1) is 13.2. The quantitative estimate of drug-likeness (QED) is 0.584. The molecule has 0 bridgehead atoms. The van der Waals surface area contributed by atoms with Crippen molar-refractivity contribution in [2.24, 2.45) is 0 Å². The fraction of sp³-hybridized carbons (Fsp3) is 0.273. The van der Waals surface area contributed by atoms with Crippen LogP contribution in [0, 0.1) is 11.8 Å². The minimum atomic E-state index is -0.629. The lowest BCUT2D eigenvalue weighted by Crippen LogP contribution is -2.39. The Kier molecular flexibility index (Phi) is 6.61. The van der Waals surface area contributed by atoms with Gasteiger partial charge in [-0.25, -0.2) is 9.69 Å². The smallest absolute Gasteiger partial charge is 0.417 e. The summed E-state index contributed by atoms with van der Waals surface area (Å²) in [5.74, 6) is 4.78. The zero-order valence-electron chi connectivity index (χ0n) is 15.0.